The van der Waals surface area contributed by atoms with Crippen LogP contribution in [0.1, 0.15) is 15.9 Å². The van der Waals surface area contributed by atoms with Crippen LogP contribution in [-0.4, -0.2) is 13.0 Å². The number of aryl methyl sites for hydroxylation is 1. The highest BCUT2D eigenvalue weighted by Gasteiger charge is 2.16. The smallest absolute Gasteiger partial charge is 0.277 e. The first kappa shape index (κ1) is 10.6. The van der Waals surface area contributed by atoms with Crippen LogP contribution in [0.3, 0.4) is 0 Å². The zero-order valence-electron chi connectivity index (χ0n) is 7.73. The fraction of sp³-hybridized carbons (Fsp3) is 0.222. The van der Waals surface area contributed by atoms with E-state index in [0.29, 0.717) is 0 Å². The highest BCUT2D eigenvalue weighted by atomic mass is 19.2. The number of nitrogens with one attached hydrogen (secondary N) is 1. The molecule has 0 heterocycles. The Balaban J connectivity index is 3.11. The average molecular weight is 201 g/mol. The Bertz CT molecular complexity index is 366. The van der Waals surface area contributed by atoms with Gasteiger partial charge >= 0.3 is 0 Å². The summed E-state index contributed by atoms with van der Waals surface area (Å²) in [5.41, 5.74) is 1.67. The molecule has 0 saturated heterocycles. The molecule has 1 amide bonds. The molecule has 1 N–H and O–H groups in total. The topological polar surface area (TPSA) is 38.3 Å². The number of carbonyl (C=O) groups is 1. The van der Waals surface area contributed by atoms with Crippen LogP contribution in [0.2, 0.25) is 0 Å². The van der Waals surface area contributed by atoms with Gasteiger partial charge in [-0.3, -0.25) is 9.63 Å². The molecule has 0 bridgehead atoms. The monoisotopic (exact) mass is 201 g/mol. The van der Waals surface area contributed by atoms with Crippen molar-refractivity contribution in [3.05, 3.63) is 34.9 Å². The summed E-state index contributed by atoms with van der Waals surface area (Å²) < 4.78 is 26.1. The number of halogens is 2. The molecule has 0 fully saturated rings. The van der Waals surface area contributed by atoms with Crippen molar-refractivity contribution in [2.75, 3.05) is 7.11 Å². The van der Waals surface area contributed by atoms with E-state index in [-0.39, 0.29) is 11.1 Å². The minimum atomic E-state index is -1.17. The zero-order valence-corrected chi connectivity index (χ0v) is 7.73. The number of carbonyl (C=O) groups excluding carboxylic acids is 1. The van der Waals surface area contributed by atoms with Gasteiger partial charge < -0.3 is 0 Å². The maximum Gasteiger partial charge on any atom is 0.277 e. The zero-order chi connectivity index (χ0) is 10.7. The number of hydrogen-bond donors (Lipinski definition) is 1. The third kappa shape index (κ3) is 1.88. The van der Waals surface area contributed by atoms with Gasteiger partial charge in [0.15, 0.2) is 11.6 Å². The molecular formula is C9H9F2NO2. The van der Waals surface area contributed by atoms with E-state index >= 15 is 0 Å². The van der Waals surface area contributed by atoms with Crippen molar-refractivity contribution in [3.63, 3.8) is 0 Å². The third-order valence-electron chi connectivity index (χ3n) is 1.71. The van der Waals surface area contributed by atoms with Crippen molar-refractivity contribution in [2.24, 2.45) is 0 Å². The fourth-order valence-electron chi connectivity index (χ4n) is 0.969. The van der Waals surface area contributed by atoms with Gasteiger partial charge in [-0.1, -0.05) is 6.07 Å². The Labute approximate surface area is 79.6 Å². The second-order valence-corrected chi connectivity index (χ2v) is 2.69. The van der Waals surface area contributed by atoms with Crippen LogP contribution in [0.5, 0.6) is 0 Å². The van der Waals surface area contributed by atoms with Gasteiger partial charge in [0.1, 0.15) is 0 Å². The molecule has 5 heteroatoms. The van der Waals surface area contributed by atoms with Crippen LogP contribution in [-0.2, 0) is 4.84 Å². The summed E-state index contributed by atoms with van der Waals surface area (Å²) in [6.45, 7) is 1.41. The number of rotatable bonds is 2. The first-order valence-corrected chi connectivity index (χ1v) is 3.86. The van der Waals surface area contributed by atoms with Gasteiger partial charge in [-0.2, -0.15) is 0 Å². The molecule has 0 saturated carbocycles. The van der Waals surface area contributed by atoms with Crippen LogP contribution < -0.4 is 5.48 Å². The van der Waals surface area contributed by atoms with Gasteiger partial charge in [0.05, 0.1) is 12.7 Å². The van der Waals surface area contributed by atoms with Gasteiger partial charge in [-0.25, -0.2) is 14.3 Å². The normalized spacial score (nSPS) is 10.0. The lowest BCUT2D eigenvalue weighted by molar-refractivity contribution is 0.0532. The largest absolute Gasteiger partial charge is 0.277 e. The molecule has 1 aromatic carbocycles. The van der Waals surface area contributed by atoms with E-state index in [1.807, 2.05) is 5.48 Å². The molecule has 76 valence electrons. The number of hydrogen-bond acceptors (Lipinski definition) is 2. The van der Waals surface area contributed by atoms with Crippen molar-refractivity contribution >= 4 is 5.91 Å². The van der Waals surface area contributed by atoms with E-state index < -0.39 is 17.5 Å². The van der Waals surface area contributed by atoms with E-state index in [4.69, 9.17) is 0 Å². The fourth-order valence-corrected chi connectivity index (χ4v) is 0.969. The Morgan fingerprint density at radius 3 is 2.57 bits per heavy atom. The number of benzene rings is 1. The number of hydroxylamine groups is 1. The van der Waals surface area contributed by atoms with Gasteiger partial charge in [0, 0.05) is 0 Å². The van der Waals surface area contributed by atoms with Crippen LogP contribution in [0, 0.1) is 18.6 Å². The van der Waals surface area contributed by atoms with E-state index in [1.54, 1.807) is 0 Å². The van der Waals surface area contributed by atoms with Gasteiger partial charge in [0.25, 0.3) is 5.91 Å². The highest BCUT2D eigenvalue weighted by molar-refractivity contribution is 5.93. The van der Waals surface area contributed by atoms with Crippen molar-refractivity contribution in [1.29, 1.82) is 0 Å². The van der Waals surface area contributed by atoms with Gasteiger partial charge in [0.2, 0.25) is 0 Å². The van der Waals surface area contributed by atoms with Crippen molar-refractivity contribution in [1.82, 2.24) is 5.48 Å². The summed E-state index contributed by atoms with van der Waals surface area (Å²) in [6.07, 6.45) is 0. The summed E-state index contributed by atoms with van der Waals surface area (Å²) in [5.74, 6) is -3.00. The molecule has 14 heavy (non-hydrogen) atoms. The molecule has 0 aliphatic heterocycles. The standard InChI is InChI=1S/C9H9F2NO2/c1-5-3-4-6(8(11)7(5)10)9(13)12-14-2/h3-4H,1-2H3,(H,12,13). The van der Waals surface area contributed by atoms with Gasteiger partial charge in [-0.05, 0) is 18.6 Å². The van der Waals surface area contributed by atoms with E-state index in [0.717, 1.165) is 0 Å². The summed E-state index contributed by atoms with van der Waals surface area (Å²) in [4.78, 5) is 15.4. The predicted octanol–water partition coefficient (Wildman–Crippen LogP) is 1.56. The summed E-state index contributed by atoms with van der Waals surface area (Å²) in [5, 5.41) is 0. The van der Waals surface area contributed by atoms with E-state index in [9.17, 15) is 13.6 Å². The van der Waals surface area contributed by atoms with Crippen LogP contribution in [0.15, 0.2) is 12.1 Å². The Kier molecular flexibility index (Phi) is 3.14. The maximum absolute atomic E-state index is 13.1. The van der Waals surface area contributed by atoms with Gasteiger partial charge in [-0.15, -0.1) is 0 Å². The third-order valence-corrected chi connectivity index (χ3v) is 1.71. The molecule has 0 aliphatic rings. The molecule has 0 spiro atoms. The lowest BCUT2D eigenvalue weighted by Crippen LogP contribution is -2.23. The predicted molar refractivity (Wildman–Crippen MR) is 45.6 cm³/mol. The van der Waals surface area contributed by atoms with E-state index in [1.165, 1.54) is 26.2 Å². The quantitative estimate of drug-likeness (QED) is 0.737. The Hall–Kier alpha value is -1.49. The molecule has 1 aromatic rings. The molecule has 3 nitrogen and oxygen atoms in total. The molecule has 0 aliphatic carbocycles. The SMILES string of the molecule is CONC(=O)c1ccc(C)c(F)c1F. The first-order valence-electron chi connectivity index (χ1n) is 3.86. The summed E-state index contributed by atoms with van der Waals surface area (Å²) in [7, 11) is 1.21. The van der Waals surface area contributed by atoms with Crippen molar-refractivity contribution in [3.8, 4) is 0 Å². The second kappa shape index (κ2) is 4.15. The highest BCUT2D eigenvalue weighted by Crippen LogP contribution is 2.15. The Morgan fingerprint density at radius 1 is 1.36 bits per heavy atom. The van der Waals surface area contributed by atoms with Crippen LogP contribution in [0.4, 0.5) is 8.78 Å². The number of amides is 1. The maximum atomic E-state index is 13.1. The Morgan fingerprint density at radius 2 is 2.00 bits per heavy atom. The minimum absolute atomic E-state index is 0.150. The molecule has 0 radical (unpaired) electrons. The molecule has 0 unspecified atom stereocenters. The average Bonchev–Trinajstić information content (AvgIpc) is 2.15. The summed E-state index contributed by atoms with van der Waals surface area (Å²) >= 11 is 0. The molecule has 1 rings (SSSR count). The molecule has 0 aromatic heterocycles. The minimum Gasteiger partial charge on any atom is -0.277 e. The first-order chi connectivity index (χ1) is 6.57. The second-order valence-electron chi connectivity index (χ2n) is 2.69. The lowest BCUT2D eigenvalue weighted by atomic mass is 10.1. The molecular weight excluding hydrogens is 192 g/mol. The summed E-state index contributed by atoms with van der Waals surface area (Å²) in [6, 6.07) is 2.52. The molecule has 0 atom stereocenters. The lowest BCUT2D eigenvalue weighted by Gasteiger charge is -2.05. The van der Waals surface area contributed by atoms with Crippen molar-refractivity contribution < 1.29 is 18.4 Å². The van der Waals surface area contributed by atoms with Crippen molar-refractivity contribution in [2.45, 2.75) is 6.92 Å². The van der Waals surface area contributed by atoms with Crippen LogP contribution in [0.25, 0.3) is 0 Å². The van der Waals surface area contributed by atoms with Crippen LogP contribution >= 0.6 is 0 Å². The van der Waals surface area contributed by atoms with E-state index in [2.05, 4.69) is 4.84 Å².